The molecule has 0 saturated heterocycles. The molecule has 6 nitrogen and oxygen atoms in total. The summed E-state index contributed by atoms with van der Waals surface area (Å²) >= 11 is 0. The summed E-state index contributed by atoms with van der Waals surface area (Å²) in [6.07, 6.45) is 2.59. The molecule has 0 radical (unpaired) electrons. The van der Waals surface area contributed by atoms with Crippen LogP contribution in [0.3, 0.4) is 0 Å². The Morgan fingerprint density at radius 2 is 2.50 bits per heavy atom. The van der Waals surface area contributed by atoms with Crippen molar-refractivity contribution in [3.05, 3.63) is 28.6 Å². The topological polar surface area (TPSA) is 77.3 Å². The molecule has 12 heavy (non-hydrogen) atoms. The zero-order chi connectivity index (χ0) is 8.97. The average Bonchev–Trinajstić information content (AvgIpc) is 2.05. The third-order valence-electron chi connectivity index (χ3n) is 1.21. The van der Waals surface area contributed by atoms with Gasteiger partial charge in [-0.05, 0) is 6.07 Å². The summed E-state index contributed by atoms with van der Waals surface area (Å²) in [5.74, 6) is 0. The summed E-state index contributed by atoms with van der Waals surface area (Å²) in [5, 5.41) is 10.4. The van der Waals surface area contributed by atoms with Gasteiger partial charge in [-0.2, -0.15) is 0 Å². The van der Waals surface area contributed by atoms with Crippen molar-refractivity contribution < 1.29 is 9.76 Å². The Labute approximate surface area is 68.3 Å². The van der Waals surface area contributed by atoms with Crippen molar-refractivity contribution in [3.63, 3.8) is 0 Å². The summed E-state index contributed by atoms with van der Waals surface area (Å²) < 4.78 is 0. The van der Waals surface area contributed by atoms with E-state index in [1.54, 1.807) is 0 Å². The summed E-state index contributed by atoms with van der Waals surface area (Å²) in [7, 11) is 1.38. The third-order valence-corrected chi connectivity index (χ3v) is 1.21. The van der Waals surface area contributed by atoms with Gasteiger partial charge in [-0.1, -0.05) is 0 Å². The first-order valence-corrected chi connectivity index (χ1v) is 3.13. The number of nitro groups is 1. The molecule has 0 spiro atoms. The zero-order valence-corrected chi connectivity index (χ0v) is 6.35. The van der Waals surface area contributed by atoms with Crippen LogP contribution >= 0.6 is 0 Å². The Morgan fingerprint density at radius 3 is 3.08 bits per heavy atom. The third kappa shape index (κ3) is 1.67. The minimum atomic E-state index is -0.533. The van der Waals surface area contributed by atoms with E-state index in [0.29, 0.717) is 0 Å². The Morgan fingerprint density at radius 1 is 1.75 bits per heavy atom. The molecule has 6 heteroatoms. The van der Waals surface area contributed by atoms with Crippen LogP contribution in [-0.4, -0.2) is 17.0 Å². The highest BCUT2D eigenvalue weighted by molar-refractivity contribution is 5.57. The summed E-state index contributed by atoms with van der Waals surface area (Å²) in [6, 6.07) is 1.46. The zero-order valence-electron chi connectivity index (χ0n) is 6.35. The predicted molar refractivity (Wildman–Crippen MR) is 41.5 cm³/mol. The predicted octanol–water partition coefficient (Wildman–Crippen LogP) is 0.963. The van der Waals surface area contributed by atoms with E-state index in [1.807, 2.05) is 0 Å². The first-order valence-electron chi connectivity index (χ1n) is 3.13. The lowest BCUT2D eigenvalue weighted by molar-refractivity contribution is -0.384. The van der Waals surface area contributed by atoms with Crippen LogP contribution in [0.5, 0.6) is 0 Å². The quantitative estimate of drug-likeness (QED) is 0.538. The highest BCUT2D eigenvalue weighted by atomic mass is 16.6. The SMILES string of the molecule is CONc1ccncc1[N+](=O)[O-]. The second-order valence-electron chi connectivity index (χ2n) is 1.96. The van der Waals surface area contributed by atoms with Gasteiger partial charge in [0.2, 0.25) is 0 Å². The van der Waals surface area contributed by atoms with Crippen molar-refractivity contribution in [1.82, 2.24) is 4.98 Å². The van der Waals surface area contributed by atoms with Crippen LogP contribution in [0.1, 0.15) is 0 Å². The molecule has 1 aromatic heterocycles. The number of pyridine rings is 1. The lowest BCUT2D eigenvalue weighted by Crippen LogP contribution is -2.00. The first kappa shape index (κ1) is 8.41. The van der Waals surface area contributed by atoms with Gasteiger partial charge in [0.25, 0.3) is 0 Å². The van der Waals surface area contributed by atoms with E-state index in [2.05, 4.69) is 15.3 Å². The van der Waals surface area contributed by atoms with Crippen LogP contribution in [0.2, 0.25) is 0 Å². The molecule has 0 amide bonds. The number of nitrogens with one attached hydrogen (secondary N) is 1. The first-order chi connectivity index (χ1) is 5.75. The van der Waals surface area contributed by atoms with E-state index < -0.39 is 4.92 Å². The van der Waals surface area contributed by atoms with Gasteiger partial charge in [-0.25, -0.2) is 0 Å². The number of rotatable bonds is 3. The maximum Gasteiger partial charge on any atom is 0.312 e. The van der Waals surface area contributed by atoms with Gasteiger partial charge in [0.05, 0.1) is 12.0 Å². The molecule has 0 atom stereocenters. The molecule has 0 aromatic carbocycles. The highest BCUT2D eigenvalue weighted by Crippen LogP contribution is 2.21. The van der Waals surface area contributed by atoms with Crippen LogP contribution in [0.25, 0.3) is 0 Å². The molecule has 0 aliphatic heterocycles. The van der Waals surface area contributed by atoms with E-state index in [-0.39, 0.29) is 11.4 Å². The largest absolute Gasteiger partial charge is 0.312 e. The lowest BCUT2D eigenvalue weighted by Gasteiger charge is -2.01. The summed E-state index contributed by atoms with van der Waals surface area (Å²) in [6.45, 7) is 0. The Balaban J connectivity index is 3.00. The molecule has 0 bridgehead atoms. The molecule has 0 fully saturated rings. The molecule has 64 valence electrons. The molecule has 1 heterocycles. The smallest absolute Gasteiger partial charge is 0.279 e. The van der Waals surface area contributed by atoms with Gasteiger partial charge >= 0.3 is 5.69 Å². The normalized spacial score (nSPS) is 9.42. The van der Waals surface area contributed by atoms with E-state index in [1.165, 1.54) is 19.4 Å². The number of hydrogen-bond acceptors (Lipinski definition) is 5. The fourth-order valence-corrected chi connectivity index (χ4v) is 0.728. The van der Waals surface area contributed by atoms with Crippen LogP contribution in [0, 0.1) is 10.1 Å². The maximum atomic E-state index is 10.4. The van der Waals surface area contributed by atoms with Crippen LogP contribution in [0.4, 0.5) is 11.4 Å². The number of nitrogens with zero attached hydrogens (tertiary/aromatic N) is 2. The Hall–Kier alpha value is -1.69. The molecule has 1 rings (SSSR count). The molecule has 0 aliphatic carbocycles. The van der Waals surface area contributed by atoms with Crippen LogP contribution < -0.4 is 5.48 Å². The van der Waals surface area contributed by atoms with Gasteiger partial charge in [0, 0.05) is 6.20 Å². The van der Waals surface area contributed by atoms with Crippen molar-refractivity contribution >= 4 is 11.4 Å². The minimum absolute atomic E-state index is 0.112. The Kier molecular flexibility index (Phi) is 2.54. The van der Waals surface area contributed by atoms with Crippen molar-refractivity contribution in [2.45, 2.75) is 0 Å². The van der Waals surface area contributed by atoms with E-state index in [4.69, 9.17) is 0 Å². The van der Waals surface area contributed by atoms with Crippen molar-refractivity contribution in [2.75, 3.05) is 12.6 Å². The van der Waals surface area contributed by atoms with Crippen LogP contribution in [-0.2, 0) is 4.84 Å². The molecular weight excluding hydrogens is 162 g/mol. The average molecular weight is 169 g/mol. The molecular formula is C6H7N3O3. The summed E-state index contributed by atoms with van der Waals surface area (Å²) in [4.78, 5) is 18.0. The van der Waals surface area contributed by atoms with Gasteiger partial charge in [0.1, 0.15) is 11.9 Å². The molecule has 0 unspecified atom stereocenters. The lowest BCUT2D eigenvalue weighted by atomic mass is 10.4. The van der Waals surface area contributed by atoms with Gasteiger partial charge in [-0.15, -0.1) is 0 Å². The van der Waals surface area contributed by atoms with E-state index in [0.717, 1.165) is 6.20 Å². The van der Waals surface area contributed by atoms with Gasteiger partial charge in [0.15, 0.2) is 0 Å². The highest BCUT2D eigenvalue weighted by Gasteiger charge is 2.11. The van der Waals surface area contributed by atoms with Gasteiger partial charge in [-0.3, -0.25) is 25.4 Å². The second-order valence-corrected chi connectivity index (χ2v) is 1.96. The van der Waals surface area contributed by atoms with Crippen molar-refractivity contribution in [3.8, 4) is 0 Å². The summed E-state index contributed by atoms with van der Waals surface area (Å²) in [5.41, 5.74) is 2.55. The fourth-order valence-electron chi connectivity index (χ4n) is 0.728. The number of anilines is 1. The van der Waals surface area contributed by atoms with Gasteiger partial charge < -0.3 is 0 Å². The fraction of sp³-hybridized carbons (Fsp3) is 0.167. The van der Waals surface area contributed by atoms with Crippen LogP contribution in [0.15, 0.2) is 18.5 Å². The van der Waals surface area contributed by atoms with Crippen molar-refractivity contribution in [2.24, 2.45) is 0 Å². The molecule has 0 aliphatic rings. The number of aromatic nitrogens is 1. The molecule has 0 saturated carbocycles. The maximum absolute atomic E-state index is 10.4. The van der Waals surface area contributed by atoms with Crippen molar-refractivity contribution in [1.29, 1.82) is 0 Å². The van der Waals surface area contributed by atoms with E-state index in [9.17, 15) is 10.1 Å². The monoisotopic (exact) mass is 169 g/mol. The Bertz CT molecular complexity index is 289. The number of hydrogen-bond donors (Lipinski definition) is 1. The standard InChI is InChI=1S/C6H7N3O3/c1-12-8-5-2-3-7-4-6(5)9(10)11/h2-4H,1H3,(H,7,8). The molecule has 1 N–H and O–H groups in total. The van der Waals surface area contributed by atoms with E-state index >= 15 is 0 Å². The second kappa shape index (κ2) is 3.63. The minimum Gasteiger partial charge on any atom is -0.279 e. The molecule has 1 aromatic rings.